The number of methoxy groups -OCH3 is 1. The lowest BCUT2D eigenvalue weighted by Crippen LogP contribution is -2.30. The van der Waals surface area contributed by atoms with Gasteiger partial charge in [-0.25, -0.2) is 4.98 Å². The standard InChI is InChI=1S/C21H23N7O2/c1-22-20-11-24-21(12-23-20)25-19-10-17(26-27-19)16-7-6-15(9-18(16)29-3)30-13-14-5-4-8-28(14)2/h6-7,9-12,14H,4-5,8,13H2,2-3H3,(H2,24,25,26,27)/t14-/m1/s1. The van der Waals surface area contributed by atoms with Gasteiger partial charge in [0.25, 0.3) is 5.82 Å². The third-order valence-electron chi connectivity index (χ3n) is 5.16. The lowest BCUT2D eigenvalue weighted by molar-refractivity contribution is 0.198. The van der Waals surface area contributed by atoms with Gasteiger partial charge in [-0.05, 0) is 38.6 Å². The average molecular weight is 405 g/mol. The fourth-order valence-electron chi connectivity index (χ4n) is 3.46. The van der Waals surface area contributed by atoms with Crippen molar-refractivity contribution in [2.24, 2.45) is 0 Å². The number of nitrogens with one attached hydrogen (secondary N) is 2. The Bertz CT molecular complexity index is 1040. The number of likely N-dealkylation sites (tertiary alicyclic amines) is 1. The summed E-state index contributed by atoms with van der Waals surface area (Å²) in [6.07, 6.45) is 5.29. The zero-order valence-corrected chi connectivity index (χ0v) is 16.9. The van der Waals surface area contributed by atoms with E-state index in [1.807, 2.05) is 24.3 Å². The van der Waals surface area contributed by atoms with Crippen molar-refractivity contribution in [1.82, 2.24) is 25.1 Å². The molecule has 9 heteroatoms. The minimum absolute atomic E-state index is 0.245. The number of anilines is 2. The van der Waals surface area contributed by atoms with E-state index in [0.29, 0.717) is 30.0 Å². The highest BCUT2D eigenvalue weighted by molar-refractivity contribution is 5.71. The molecule has 1 aliphatic rings. The van der Waals surface area contributed by atoms with Gasteiger partial charge in [-0.15, -0.1) is 4.98 Å². The van der Waals surface area contributed by atoms with Crippen LogP contribution < -0.4 is 14.8 Å². The first-order valence-corrected chi connectivity index (χ1v) is 9.69. The van der Waals surface area contributed by atoms with Gasteiger partial charge in [0.15, 0.2) is 17.8 Å². The van der Waals surface area contributed by atoms with Gasteiger partial charge in [0.1, 0.15) is 18.1 Å². The van der Waals surface area contributed by atoms with E-state index >= 15 is 0 Å². The molecule has 0 amide bonds. The summed E-state index contributed by atoms with van der Waals surface area (Å²) in [4.78, 5) is 13.7. The summed E-state index contributed by atoms with van der Waals surface area (Å²) < 4.78 is 11.6. The summed E-state index contributed by atoms with van der Waals surface area (Å²) in [5, 5.41) is 10.3. The van der Waals surface area contributed by atoms with Crippen LogP contribution in [0, 0.1) is 6.57 Å². The molecule has 0 unspecified atom stereocenters. The number of aromatic amines is 1. The fraction of sp³-hybridized carbons (Fsp3) is 0.333. The van der Waals surface area contributed by atoms with E-state index in [9.17, 15) is 0 Å². The molecule has 3 heterocycles. The Balaban J connectivity index is 1.46. The van der Waals surface area contributed by atoms with Crippen LogP contribution in [-0.4, -0.2) is 58.4 Å². The van der Waals surface area contributed by atoms with Crippen LogP contribution in [0.15, 0.2) is 36.7 Å². The van der Waals surface area contributed by atoms with Crippen LogP contribution in [0.5, 0.6) is 11.5 Å². The second-order valence-corrected chi connectivity index (χ2v) is 7.11. The zero-order chi connectivity index (χ0) is 20.9. The number of ether oxygens (including phenoxy) is 2. The number of likely N-dealkylation sites (N-methyl/N-ethyl adjacent to an activating group) is 1. The van der Waals surface area contributed by atoms with E-state index in [1.165, 1.54) is 25.2 Å². The second kappa shape index (κ2) is 8.80. The Morgan fingerprint density at radius 3 is 2.87 bits per heavy atom. The Labute approximate surface area is 174 Å². The van der Waals surface area contributed by atoms with Gasteiger partial charge in [-0.2, -0.15) is 5.10 Å². The summed E-state index contributed by atoms with van der Waals surface area (Å²) in [5.74, 6) is 2.82. The van der Waals surface area contributed by atoms with E-state index in [-0.39, 0.29) is 5.82 Å². The third kappa shape index (κ3) is 4.34. The third-order valence-corrected chi connectivity index (χ3v) is 5.16. The highest BCUT2D eigenvalue weighted by Crippen LogP contribution is 2.33. The molecule has 4 rings (SSSR count). The fourth-order valence-corrected chi connectivity index (χ4v) is 3.46. The first-order valence-electron chi connectivity index (χ1n) is 9.69. The van der Waals surface area contributed by atoms with Crippen molar-refractivity contribution in [2.45, 2.75) is 18.9 Å². The van der Waals surface area contributed by atoms with Crippen LogP contribution in [0.25, 0.3) is 16.1 Å². The molecule has 1 aromatic carbocycles. The zero-order valence-electron chi connectivity index (χ0n) is 16.9. The Hall–Kier alpha value is -3.64. The Morgan fingerprint density at radius 2 is 2.17 bits per heavy atom. The molecule has 0 bridgehead atoms. The number of hydrogen-bond donors (Lipinski definition) is 2. The number of H-pyrrole nitrogens is 1. The first-order chi connectivity index (χ1) is 14.7. The van der Waals surface area contributed by atoms with Crippen molar-refractivity contribution in [1.29, 1.82) is 0 Å². The molecule has 0 aliphatic carbocycles. The summed E-state index contributed by atoms with van der Waals surface area (Å²) in [7, 11) is 3.77. The number of aromatic nitrogens is 4. The molecule has 0 radical (unpaired) electrons. The maximum Gasteiger partial charge on any atom is 0.288 e. The molecule has 1 aliphatic heterocycles. The largest absolute Gasteiger partial charge is 0.496 e. The van der Waals surface area contributed by atoms with Crippen LogP contribution in [0.1, 0.15) is 12.8 Å². The maximum atomic E-state index is 6.93. The highest BCUT2D eigenvalue weighted by atomic mass is 16.5. The Kier molecular flexibility index (Phi) is 5.77. The molecule has 0 saturated carbocycles. The lowest BCUT2D eigenvalue weighted by atomic mass is 10.1. The van der Waals surface area contributed by atoms with E-state index in [2.05, 4.69) is 42.3 Å². The molecular formula is C21H23N7O2. The van der Waals surface area contributed by atoms with Crippen molar-refractivity contribution < 1.29 is 9.47 Å². The molecule has 1 fully saturated rings. The molecule has 3 aromatic rings. The van der Waals surface area contributed by atoms with Crippen LogP contribution in [-0.2, 0) is 0 Å². The van der Waals surface area contributed by atoms with Crippen molar-refractivity contribution in [3.8, 4) is 22.8 Å². The van der Waals surface area contributed by atoms with Gasteiger partial charge in [0.2, 0.25) is 0 Å². The van der Waals surface area contributed by atoms with Crippen LogP contribution >= 0.6 is 0 Å². The minimum Gasteiger partial charge on any atom is -0.496 e. The van der Waals surface area contributed by atoms with Gasteiger partial charge in [-0.3, -0.25) is 5.10 Å². The molecule has 30 heavy (non-hydrogen) atoms. The first kappa shape index (κ1) is 19.7. The Morgan fingerprint density at radius 1 is 1.27 bits per heavy atom. The molecule has 154 valence electrons. The summed E-state index contributed by atoms with van der Waals surface area (Å²) >= 11 is 0. The predicted molar refractivity (Wildman–Crippen MR) is 113 cm³/mol. The topological polar surface area (TPSA) is 92.6 Å². The van der Waals surface area contributed by atoms with E-state index in [4.69, 9.17) is 16.0 Å². The van der Waals surface area contributed by atoms with Gasteiger partial charge in [-0.1, -0.05) is 6.57 Å². The van der Waals surface area contributed by atoms with Crippen LogP contribution in [0.4, 0.5) is 17.5 Å². The highest BCUT2D eigenvalue weighted by Gasteiger charge is 2.21. The SMILES string of the molecule is [C-]#[N+]c1cnc(Nc2cc(-c3ccc(OC[C@H]4CCCN4C)cc3OC)[nH]n2)cn1. The molecule has 9 nitrogen and oxygen atoms in total. The minimum atomic E-state index is 0.245. The van der Waals surface area contributed by atoms with Gasteiger partial charge < -0.3 is 24.5 Å². The molecule has 1 saturated heterocycles. The van der Waals surface area contributed by atoms with Crippen molar-refractivity contribution in [3.05, 3.63) is 48.1 Å². The number of rotatable bonds is 7. The molecular weight excluding hydrogens is 382 g/mol. The number of hydrogen-bond acceptors (Lipinski definition) is 7. The monoisotopic (exact) mass is 405 g/mol. The summed E-state index contributed by atoms with van der Waals surface area (Å²) in [5.41, 5.74) is 1.67. The van der Waals surface area contributed by atoms with Crippen molar-refractivity contribution >= 4 is 17.5 Å². The van der Waals surface area contributed by atoms with Gasteiger partial charge >= 0.3 is 0 Å². The summed E-state index contributed by atoms with van der Waals surface area (Å²) in [6, 6.07) is 8.11. The second-order valence-electron chi connectivity index (χ2n) is 7.11. The molecule has 1 atom stereocenters. The van der Waals surface area contributed by atoms with E-state index in [1.54, 1.807) is 7.11 Å². The van der Waals surface area contributed by atoms with Crippen molar-refractivity contribution in [3.63, 3.8) is 0 Å². The molecule has 0 spiro atoms. The molecule has 2 aromatic heterocycles. The van der Waals surface area contributed by atoms with Crippen LogP contribution in [0.2, 0.25) is 0 Å². The summed E-state index contributed by atoms with van der Waals surface area (Å²) in [6.45, 7) is 8.73. The van der Waals surface area contributed by atoms with Gasteiger partial charge in [0.05, 0.1) is 19.0 Å². The number of nitrogens with zero attached hydrogens (tertiary/aromatic N) is 5. The van der Waals surface area contributed by atoms with Crippen molar-refractivity contribution in [2.75, 3.05) is 32.6 Å². The average Bonchev–Trinajstić information content (AvgIpc) is 3.41. The predicted octanol–water partition coefficient (Wildman–Crippen LogP) is 3.64. The normalized spacial score (nSPS) is 16.2. The quantitative estimate of drug-likeness (QED) is 0.580. The van der Waals surface area contributed by atoms with E-state index in [0.717, 1.165) is 23.6 Å². The van der Waals surface area contributed by atoms with Crippen LogP contribution in [0.3, 0.4) is 0 Å². The number of benzene rings is 1. The lowest BCUT2D eigenvalue weighted by Gasteiger charge is -2.20. The van der Waals surface area contributed by atoms with Gasteiger partial charge in [0, 0.05) is 23.7 Å². The molecule has 2 N–H and O–H groups in total. The van der Waals surface area contributed by atoms with E-state index < -0.39 is 0 Å². The maximum absolute atomic E-state index is 6.93. The smallest absolute Gasteiger partial charge is 0.288 e.